The molecule has 304 valence electrons. The summed E-state index contributed by atoms with van der Waals surface area (Å²) in [6.07, 6.45) is 56.2. The number of halogens is 1. The first-order valence-electron chi connectivity index (χ1n) is 24.2. The van der Waals surface area contributed by atoms with Crippen LogP contribution in [0.5, 0.6) is 0 Å². The molecule has 0 aromatic rings. The van der Waals surface area contributed by atoms with Gasteiger partial charge in [-0.25, -0.2) is 0 Å². The van der Waals surface area contributed by atoms with E-state index in [2.05, 4.69) is 53.7 Å². The van der Waals surface area contributed by atoms with Crippen molar-refractivity contribution in [3.63, 3.8) is 0 Å². The molecule has 4 unspecified atom stereocenters. The molecule has 1 aliphatic carbocycles. The summed E-state index contributed by atoms with van der Waals surface area (Å²) < 4.78 is 0. The summed E-state index contributed by atoms with van der Waals surface area (Å²) in [6, 6.07) is 0. The van der Waals surface area contributed by atoms with Crippen molar-refractivity contribution >= 4 is 11.6 Å². The third-order valence-electron chi connectivity index (χ3n) is 13.2. The summed E-state index contributed by atoms with van der Waals surface area (Å²) >= 11 is 6.83. The molecular formula is C50H97Cl. The van der Waals surface area contributed by atoms with Crippen LogP contribution < -0.4 is 0 Å². The van der Waals surface area contributed by atoms with Crippen molar-refractivity contribution in [3.8, 4) is 0 Å². The molecule has 51 heavy (non-hydrogen) atoms. The second kappa shape index (κ2) is 34.5. The highest BCUT2D eigenvalue weighted by molar-refractivity contribution is 6.20. The summed E-state index contributed by atoms with van der Waals surface area (Å²) in [7, 11) is 0. The molecule has 0 bridgehead atoms. The minimum atomic E-state index is 0.411. The first kappa shape index (κ1) is 49.0. The molecule has 0 heterocycles. The van der Waals surface area contributed by atoms with Gasteiger partial charge in [-0.3, -0.25) is 0 Å². The fraction of sp³-hybridized carbons (Fsp3) is 0.960. The number of alkyl halides is 1. The van der Waals surface area contributed by atoms with Gasteiger partial charge in [-0.05, 0) is 55.8 Å². The Morgan fingerprint density at radius 3 is 1.18 bits per heavy atom. The van der Waals surface area contributed by atoms with Gasteiger partial charge in [0.15, 0.2) is 0 Å². The van der Waals surface area contributed by atoms with E-state index in [1.54, 1.807) is 0 Å². The molecule has 5 atom stereocenters. The van der Waals surface area contributed by atoms with E-state index in [1.807, 2.05) is 0 Å². The van der Waals surface area contributed by atoms with Crippen LogP contribution in [0.3, 0.4) is 0 Å². The topological polar surface area (TPSA) is 0 Å². The number of hydrogen-bond acceptors (Lipinski definition) is 0. The van der Waals surface area contributed by atoms with Crippen LogP contribution in [0.2, 0.25) is 0 Å². The van der Waals surface area contributed by atoms with E-state index >= 15 is 0 Å². The van der Waals surface area contributed by atoms with E-state index in [1.165, 1.54) is 231 Å². The molecule has 0 nitrogen and oxygen atoms in total. The van der Waals surface area contributed by atoms with Gasteiger partial charge >= 0.3 is 0 Å². The minimum Gasteiger partial charge on any atom is -0.123 e. The quantitative estimate of drug-likeness (QED) is 0.0333. The van der Waals surface area contributed by atoms with Crippen LogP contribution in [0.15, 0.2) is 12.2 Å². The highest BCUT2D eigenvalue weighted by Gasteiger charge is 2.36. The Hall–Kier alpha value is 0.0300. The first-order chi connectivity index (χ1) is 24.9. The Bertz CT molecular complexity index is 683. The second-order valence-corrected chi connectivity index (χ2v) is 19.0. The molecule has 0 fully saturated rings. The molecule has 1 rings (SSSR count). The second-order valence-electron chi connectivity index (χ2n) is 18.4. The number of hydrogen-bond donors (Lipinski definition) is 0. The third-order valence-corrected chi connectivity index (χ3v) is 13.6. The van der Waals surface area contributed by atoms with Crippen molar-refractivity contribution in [2.45, 2.75) is 278 Å². The van der Waals surface area contributed by atoms with Crippen molar-refractivity contribution < 1.29 is 0 Å². The standard InChI is InChI=1S/C50H97Cl/c1-7-11-15-26-34-46(32-13-9-3)40-39-45(5)31-25-21-17-18-22-28-36-48(50(6)43-44-50)37-29-23-19-20-24-30-38-49(51)42-41-47(33-14-10-4)35-27-16-12-8-2/h43-49H,7-42H2,1-6H3/t45?,46?,47?,48?,49-/m0/s1. The van der Waals surface area contributed by atoms with E-state index in [0.717, 1.165) is 23.7 Å². The lowest BCUT2D eigenvalue weighted by atomic mass is 9.80. The Kier molecular flexibility index (Phi) is 33.2. The summed E-state index contributed by atoms with van der Waals surface area (Å²) in [6.45, 7) is 14.4. The summed E-state index contributed by atoms with van der Waals surface area (Å²) in [5.74, 6) is 3.77. The van der Waals surface area contributed by atoms with Gasteiger partial charge < -0.3 is 0 Å². The van der Waals surface area contributed by atoms with Crippen molar-refractivity contribution in [3.05, 3.63) is 12.2 Å². The van der Waals surface area contributed by atoms with Gasteiger partial charge in [-0.1, -0.05) is 253 Å². The number of rotatable bonds is 41. The van der Waals surface area contributed by atoms with Crippen LogP contribution in [0, 0.1) is 29.1 Å². The maximum absolute atomic E-state index is 6.83. The Morgan fingerprint density at radius 1 is 0.373 bits per heavy atom. The zero-order chi connectivity index (χ0) is 37.3. The van der Waals surface area contributed by atoms with Crippen molar-refractivity contribution in [2.24, 2.45) is 29.1 Å². The lowest BCUT2D eigenvalue weighted by molar-refractivity contribution is 0.300. The summed E-state index contributed by atoms with van der Waals surface area (Å²) in [5, 5.41) is 0.411. The third kappa shape index (κ3) is 29.1. The maximum Gasteiger partial charge on any atom is 0.0336 e. The van der Waals surface area contributed by atoms with Gasteiger partial charge in [0.1, 0.15) is 0 Å². The average molecular weight is 734 g/mol. The van der Waals surface area contributed by atoms with Gasteiger partial charge in [0.05, 0.1) is 0 Å². The predicted octanol–water partition coefficient (Wildman–Crippen LogP) is 18.8. The smallest absolute Gasteiger partial charge is 0.0336 e. The van der Waals surface area contributed by atoms with Gasteiger partial charge in [0.25, 0.3) is 0 Å². The molecule has 0 saturated heterocycles. The predicted molar refractivity (Wildman–Crippen MR) is 235 cm³/mol. The Balaban J connectivity index is 2.07. The Morgan fingerprint density at radius 2 is 0.725 bits per heavy atom. The molecule has 0 spiro atoms. The largest absolute Gasteiger partial charge is 0.123 e. The van der Waals surface area contributed by atoms with E-state index in [9.17, 15) is 0 Å². The van der Waals surface area contributed by atoms with Crippen LogP contribution in [0.4, 0.5) is 0 Å². The normalized spacial score (nSPS) is 16.7. The summed E-state index contributed by atoms with van der Waals surface area (Å²) in [5.41, 5.74) is 0.460. The molecular weight excluding hydrogens is 636 g/mol. The van der Waals surface area contributed by atoms with Crippen LogP contribution in [0.1, 0.15) is 273 Å². The van der Waals surface area contributed by atoms with Crippen LogP contribution in [-0.2, 0) is 0 Å². The first-order valence-corrected chi connectivity index (χ1v) is 24.7. The van der Waals surface area contributed by atoms with Gasteiger partial charge in [0, 0.05) is 10.8 Å². The van der Waals surface area contributed by atoms with E-state index in [4.69, 9.17) is 11.6 Å². The van der Waals surface area contributed by atoms with Crippen LogP contribution in [0.25, 0.3) is 0 Å². The monoisotopic (exact) mass is 733 g/mol. The zero-order valence-electron chi connectivity index (χ0n) is 36.4. The van der Waals surface area contributed by atoms with Crippen LogP contribution >= 0.6 is 11.6 Å². The van der Waals surface area contributed by atoms with Gasteiger partial charge in [-0.15, -0.1) is 11.6 Å². The molecule has 1 aliphatic rings. The molecule has 0 aromatic carbocycles. The highest BCUT2D eigenvalue weighted by Crippen LogP contribution is 2.46. The number of allylic oxidation sites excluding steroid dienone is 2. The lowest BCUT2D eigenvalue weighted by Crippen LogP contribution is -2.14. The zero-order valence-corrected chi connectivity index (χ0v) is 37.1. The molecule has 0 amide bonds. The highest BCUT2D eigenvalue weighted by atomic mass is 35.5. The Labute approximate surface area is 329 Å². The van der Waals surface area contributed by atoms with Crippen molar-refractivity contribution in [1.29, 1.82) is 0 Å². The van der Waals surface area contributed by atoms with E-state index in [0.29, 0.717) is 10.8 Å². The van der Waals surface area contributed by atoms with E-state index < -0.39 is 0 Å². The molecule has 0 radical (unpaired) electrons. The lowest BCUT2D eigenvalue weighted by Gasteiger charge is -2.24. The average Bonchev–Trinajstić information content (AvgIpc) is 3.88. The summed E-state index contributed by atoms with van der Waals surface area (Å²) in [4.78, 5) is 0. The van der Waals surface area contributed by atoms with Crippen molar-refractivity contribution in [1.82, 2.24) is 0 Å². The molecule has 0 saturated carbocycles. The van der Waals surface area contributed by atoms with Gasteiger partial charge in [0.2, 0.25) is 0 Å². The number of unbranched alkanes of at least 4 members (excludes halogenated alkanes) is 18. The van der Waals surface area contributed by atoms with Crippen LogP contribution in [-0.4, -0.2) is 5.38 Å². The van der Waals surface area contributed by atoms with Crippen molar-refractivity contribution in [2.75, 3.05) is 0 Å². The molecule has 0 aliphatic heterocycles. The molecule has 0 N–H and O–H groups in total. The molecule has 0 aromatic heterocycles. The fourth-order valence-electron chi connectivity index (χ4n) is 9.02. The minimum absolute atomic E-state index is 0.411. The van der Waals surface area contributed by atoms with Gasteiger partial charge in [-0.2, -0.15) is 0 Å². The molecule has 1 heteroatoms. The SMILES string of the molecule is CCCCCCC(CCCC)CCC(C)CCCCCCCCC(CCCCCCCC[C@H](Cl)CCC(CCCC)CCCCCC)C1(C)C=C1. The maximum atomic E-state index is 6.83. The fourth-order valence-corrected chi connectivity index (χ4v) is 9.30. The van der Waals surface area contributed by atoms with E-state index in [-0.39, 0.29) is 0 Å².